The van der Waals surface area contributed by atoms with E-state index in [0.717, 1.165) is 5.56 Å². The summed E-state index contributed by atoms with van der Waals surface area (Å²) in [5.41, 5.74) is 1.25. The Balaban J connectivity index is 1.41. The van der Waals surface area contributed by atoms with Crippen LogP contribution in [-0.4, -0.2) is 42.1 Å². The van der Waals surface area contributed by atoms with E-state index >= 15 is 0 Å². The topological polar surface area (TPSA) is 109 Å². The van der Waals surface area contributed by atoms with Crippen LogP contribution in [0.5, 0.6) is 5.75 Å². The fourth-order valence-corrected chi connectivity index (χ4v) is 3.98. The summed E-state index contributed by atoms with van der Waals surface area (Å²) in [4.78, 5) is 36.5. The van der Waals surface area contributed by atoms with E-state index in [1.54, 1.807) is 31.4 Å². The molecular formula is C22H26N4O4S. The van der Waals surface area contributed by atoms with E-state index in [4.69, 9.17) is 4.74 Å². The van der Waals surface area contributed by atoms with Crippen molar-refractivity contribution >= 4 is 35.2 Å². The molecule has 4 N–H and O–H groups in total. The summed E-state index contributed by atoms with van der Waals surface area (Å²) in [6, 6.07) is 16.4. The van der Waals surface area contributed by atoms with Gasteiger partial charge in [0, 0.05) is 31.1 Å². The van der Waals surface area contributed by atoms with Crippen molar-refractivity contribution in [3.63, 3.8) is 0 Å². The molecule has 0 saturated carbocycles. The number of hydrogen-bond donors (Lipinski definition) is 4. The van der Waals surface area contributed by atoms with Crippen molar-refractivity contribution in [2.75, 3.05) is 18.2 Å². The van der Waals surface area contributed by atoms with E-state index in [0.29, 0.717) is 18.0 Å². The van der Waals surface area contributed by atoms with Crippen molar-refractivity contribution in [2.45, 2.75) is 30.9 Å². The lowest BCUT2D eigenvalue weighted by atomic mass is 10.1. The normalized spacial score (nSPS) is 18.0. The highest BCUT2D eigenvalue weighted by Gasteiger charge is 2.28. The summed E-state index contributed by atoms with van der Waals surface area (Å²) in [7, 11) is 1.58. The van der Waals surface area contributed by atoms with Crippen LogP contribution in [0.2, 0.25) is 0 Å². The molecule has 8 nitrogen and oxygen atoms in total. The van der Waals surface area contributed by atoms with Crippen LogP contribution in [0.1, 0.15) is 18.4 Å². The number of methoxy groups -OCH3 is 1. The molecule has 1 heterocycles. The third kappa shape index (κ3) is 7.62. The molecule has 0 aliphatic carbocycles. The Labute approximate surface area is 185 Å². The lowest BCUT2D eigenvalue weighted by molar-refractivity contribution is -0.125. The van der Waals surface area contributed by atoms with Gasteiger partial charge in [0.25, 0.3) is 0 Å². The standard InChI is InChI=1S/C22H26N4O4S/c1-30-18-9-7-16(8-10-18)24-21(29)14-31-22-25-17(12-20(28)26-22)11-19(27)23-13-15-5-3-2-4-6-15/h2-10,17,22,25H,11-14H2,1H3,(H,23,27)(H,24,29)(H,26,28). The lowest BCUT2D eigenvalue weighted by Crippen LogP contribution is -2.56. The summed E-state index contributed by atoms with van der Waals surface area (Å²) in [6.07, 6.45) is 0.406. The van der Waals surface area contributed by atoms with Crippen molar-refractivity contribution in [1.29, 1.82) is 0 Å². The molecule has 1 saturated heterocycles. The summed E-state index contributed by atoms with van der Waals surface area (Å²) in [6.45, 7) is 0.447. The number of thioether (sulfide) groups is 1. The highest BCUT2D eigenvalue weighted by molar-refractivity contribution is 8.00. The van der Waals surface area contributed by atoms with Gasteiger partial charge < -0.3 is 20.7 Å². The molecule has 2 aromatic carbocycles. The van der Waals surface area contributed by atoms with Gasteiger partial charge in [-0.3, -0.25) is 19.7 Å². The second-order valence-corrected chi connectivity index (χ2v) is 8.16. The zero-order chi connectivity index (χ0) is 22.1. The monoisotopic (exact) mass is 442 g/mol. The first kappa shape index (κ1) is 22.6. The van der Waals surface area contributed by atoms with E-state index in [2.05, 4.69) is 21.3 Å². The molecule has 0 aromatic heterocycles. The summed E-state index contributed by atoms with van der Waals surface area (Å²) in [5, 5.41) is 11.7. The molecule has 164 valence electrons. The zero-order valence-electron chi connectivity index (χ0n) is 17.2. The van der Waals surface area contributed by atoms with Crippen LogP contribution < -0.4 is 26.0 Å². The maximum absolute atomic E-state index is 12.3. The van der Waals surface area contributed by atoms with Gasteiger partial charge in [-0.25, -0.2) is 0 Å². The van der Waals surface area contributed by atoms with Gasteiger partial charge in [-0.1, -0.05) is 30.3 Å². The number of anilines is 1. The summed E-state index contributed by atoms with van der Waals surface area (Å²) >= 11 is 1.27. The molecule has 0 radical (unpaired) electrons. The van der Waals surface area contributed by atoms with Crippen LogP contribution in [0, 0.1) is 0 Å². The summed E-state index contributed by atoms with van der Waals surface area (Å²) in [5.74, 6) is 0.399. The second kappa shape index (κ2) is 11.4. The Bertz CT molecular complexity index is 892. The Hall–Kier alpha value is -3.04. The number of rotatable bonds is 9. The minimum atomic E-state index is -0.435. The van der Waals surface area contributed by atoms with Gasteiger partial charge in [-0.15, -0.1) is 11.8 Å². The number of benzene rings is 2. The van der Waals surface area contributed by atoms with Gasteiger partial charge in [0.15, 0.2) is 0 Å². The van der Waals surface area contributed by atoms with Crippen LogP contribution in [0.3, 0.4) is 0 Å². The van der Waals surface area contributed by atoms with Crippen LogP contribution in [0.4, 0.5) is 5.69 Å². The number of hydrogen-bond acceptors (Lipinski definition) is 6. The quantitative estimate of drug-likeness (QED) is 0.472. The molecule has 9 heteroatoms. The minimum Gasteiger partial charge on any atom is -0.497 e. The number of nitrogens with one attached hydrogen (secondary N) is 4. The Morgan fingerprint density at radius 3 is 2.55 bits per heavy atom. The van der Waals surface area contributed by atoms with E-state index in [9.17, 15) is 14.4 Å². The second-order valence-electron chi connectivity index (χ2n) is 7.07. The van der Waals surface area contributed by atoms with Crippen LogP contribution in [0.25, 0.3) is 0 Å². The Morgan fingerprint density at radius 1 is 1.10 bits per heavy atom. The molecule has 2 unspecified atom stereocenters. The van der Waals surface area contributed by atoms with E-state index < -0.39 is 5.50 Å². The van der Waals surface area contributed by atoms with E-state index in [-0.39, 0.29) is 42.4 Å². The van der Waals surface area contributed by atoms with Crippen molar-refractivity contribution < 1.29 is 19.1 Å². The first-order valence-electron chi connectivity index (χ1n) is 9.93. The molecule has 0 bridgehead atoms. The largest absolute Gasteiger partial charge is 0.497 e. The molecule has 1 aliphatic rings. The minimum absolute atomic E-state index is 0.128. The SMILES string of the molecule is COc1ccc(NC(=O)CSC2NC(=O)CC(CC(=O)NCc3ccccc3)N2)cc1. The van der Waals surface area contributed by atoms with Crippen LogP contribution >= 0.6 is 11.8 Å². The number of ether oxygens (including phenoxy) is 1. The number of carbonyl (C=O) groups is 3. The zero-order valence-corrected chi connectivity index (χ0v) is 18.0. The average Bonchev–Trinajstić information content (AvgIpc) is 2.77. The summed E-state index contributed by atoms with van der Waals surface area (Å²) < 4.78 is 5.09. The Morgan fingerprint density at radius 2 is 1.84 bits per heavy atom. The third-order valence-electron chi connectivity index (χ3n) is 4.63. The van der Waals surface area contributed by atoms with Gasteiger partial charge in [0.2, 0.25) is 17.7 Å². The molecule has 31 heavy (non-hydrogen) atoms. The predicted molar refractivity (Wildman–Crippen MR) is 120 cm³/mol. The van der Waals surface area contributed by atoms with Gasteiger partial charge >= 0.3 is 0 Å². The molecular weight excluding hydrogens is 416 g/mol. The van der Waals surface area contributed by atoms with Crippen molar-refractivity contribution in [3.8, 4) is 5.75 Å². The molecule has 3 amide bonds. The number of carbonyl (C=O) groups excluding carboxylic acids is 3. The Kier molecular flexibility index (Phi) is 8.31. The van der Waals surface area contributed by atoms with E-state index in [1.165, 1.54) is 11.8 Å². The predicted octanol–water partition coefficient (Wildman–Crippen LogP) is 1.84. The van der Waals surface area contributed by atoms with Crippen LogP contribution in [-0.2, 0) is 20.9 Å². The first-order chi connectivity index (χ1) is 15.0. The van der Waals surface area contributed by atoms with Gasteiger partial charge in [-0.2, -0.15) is 0 Å². The fourth-order valence-electron chi connectivity index (χ4n) is 3.09. The average molecular weight is 443 g/mol. The van der Waals surface area contributed by atoms with Crippen molar-refractivity contribution in [3.05, 3.63) is 60.2 Å². The molecule has 2 atom stereocenters. The highest BCUT2D eigenvalue weighted by Crippen LogP contribution is 2.17. The number of amides is 3. The van der Waals surface area contributed by atoms with E-state index in [1.807, 2.05) is 30.3 Å². The third-order valence-corrected chi connectivity index (χ3v) is 5.65. The fraction of sp³-hybridized carbons (Fsp3) is 0.318. The van der Waals surface area contributed by atoms with Gasteiger partial charge in [-0.05, 0) is 29.8 Å². The molecule has 1 aliphatic heterocycles. The molecule has 0 spiro atoms. The van der Waals surface area contributed by atoms with Crippen molar-refractivity contribution in [1.82, 2.24) is 16.0 Å². The maximum Gasteiger partial charge on any atom is 0.234 e. The molecule has 2 aromatic rings. The van der Waals surface area contributed by atoms with Crippen molar-refractivity contribution in [2.24, 2.45) is 0 Å². The van der Waals surface area contributed by atoms with Gasteiger partial charge in [0.1, 0.15) is 11.2 Å². The highest BCUT2D eigenvalue weighted by atomic mass is 32.2. The molecule has 3 rings (SSSR count). The van der Waals surface area contributed by atoms with Crippen LogP contribution in [0.15, 0.2) is 54.6 Å². The lowest BCUT2D eigenvalue weighted by Gasteiger charge is -2.30. The maximum atomic E-state index is 12.3. The smallest absolute Gasteiger partial charge is 0.234 e. The van der Waals surface area contributed by atoms with Gasteiger partial charge in [0.05, 0.1) is 12.9 Å². The molecule has 1 fully saturated rings. The first-order valence-corrected chi connectivity index (χ1v) is 11.0.